The van der Waals surface area contributed by atoms with Gasteiger partial charge >= 0.3 is 0 Å². The number of nitrogens with zero attached hydrogens (tertiary/aromatic N) is 2. The second-order valence-corrected chi connectivity index (χ2v) is 7.77. The highest BCUT2D eigenvalue weighted by molar-refractivity contribution is 5.79. The van der Waals surface area contributed by atoms with E-state index < -0.39 is 0 Å². The molecule has 2 aliphatic heterocycles. The molecule has 0 saturated carbocycles. The average Bonchev–Trinajstić information content (AvgIpc) is 3.00. The molecule has 28 heavy (non-hydrogen) atoms. The van der Waals surface area contributed by atoms with Gasteiger partial charge in [0.05, 0.1) is 26.3 Å². The number of rotatable bonds is 8. The Kier molecular flexibility index (Phi) is 7.39. The fraction of sp³-hybridized carbons (Fsp3) is 0.667. The average molecular weight is 391 g/mol. The molecule has 0 unspecified atom stereocenters. The predicted octanol–water partition coefficient (Wildman–Crippen LogP) is 1.67. The Morgan fingerprint density at radius 1 is 1.25 bits per heavy atom. The summed E-state index contributed by atoms with van der Waals surface area (Å²) in [5.41, 5.74) is 1.05. The predicted molar refractivity (Wildman–Crippen MR) is 112 cm³/mol. The third-order valence-corrected chi connectivity index (χ3v) is 4.84. The van der Waals surface area contributed by atoms with E-state index in [2.05, 4.69) is 47.4 Å². The van der Waals surface area contributed by atoms with Crippen LogP contribution in [0.2, 0.25) is 0 Å². The van der Waals surface area contributed by atoms with Gasteiger partial charge in [0.1, 0.15) is 12.2 Å². The summed E-state index contributed by atoms with van der Waals surface area (Å²) in [4.78, 5) is 7.05. The van der Waals surface area contributed by atoms with Crippen LogP contribution in [-0.4, -0.2) is 75.5 Å². The first kappa shape index (κ1) is 20.7. The molecule has 2 heterocycles. The number of ether oxygens (including phenoxy) is 3. The van der Waals surface area contributed by atoms with Gasteiger partial charge in [-0.1, -0.05) is 12.1 Å². The SMILES string of the molecule is CCNC(=NCCN1CCOCC1)NCCOc1cccc2c1OC(C)(C)C2. The first-order valence-electron chi connectivity index (χ1n) is 10.3. The number of hydrogen-bond donors (Lipinski definition) is 2. The molecule has 0 atom stereocenters. The zero-order valence-electron chi connectivity index (χ0n) is 17.4. The van der Waals surface area contributed by atoms with Crippen molar-refractivity contribution in [3.63, 3.8) is 0 Å². The van der Waals surface area contributed by atoms with Crippen LogP contribution in [0.4, 0.5) is 0 Å². The molecule has 7 heteroatoms. The van der Waals surface area contributed by atoms with E-state index in [4.69, 9.17) is 14.2 Å². The van der Waals surface area contributed by atoms with Gasteiger partial charge in [0.15, 0.2) is 17.5 Å². The van der Waals surface area contributed by atoms with Gasteiger partial charge in [0.25, 0.3) is 0 Å². The highest BCUT2D eigenvalue weighted by Gasteiger charge is 2.32. The van der Waals surface area contributed by atoms with Crippen molar-refractivity contribution in [2.45, 2.75) is 32.8 Å². The van der Waals surface area contributed by atoms with Crippen molar-refractivity contribution in [2.75, 3.05) is 59.1 Å². The van der Waals surface area contributed by atoms with Crippen LogP contribution in [0.3, 0.4) is 0 Å². The fourth-order valence-corrected chi connectivity index (χ4v) is 3.50. The van der Waals surface area contributed by atoms with Crippen molar-refractivity contribution >= 4 is 5.96 Å². The molecular weight excluding hydrogens is 356 g/mol. The van der Waals surface area contributed by atoms with Crippen LogP contribution < -0.4 is 20.1 Å². The Labute approximate surface area is 168 Å². The largest absolute Gasteiger partial charge is 0.488 e. The highest BCUT2D eigenvalue weighted by atomic mass is 16.5. The van der Waals surface area contributed by atoms with Crippen molar-refractivity contribution in [2.24, 2.45) is 4.99 Å². The van der Waals surface area contributed by atoms with E-state index in [9.17, 15) is 0 Å². The highest BCUT2D eigenvalue weighted by Crippen LogP contribution is 2.41. The number of guanidine groups is 1. The van der Waals surface area contributed by atoms with Crippen LogP contribution >= 0.6 is 0 Å². The Morgan fingerprint density at radius 3 is 2.86 bits per heavy atom. The standard InChI is InChI=1S/C21H34N4O3/c1-4-22-20(23-8-10-25-11-14-26-15-12-25)24-9-13-27-18-7-5-6-17-16-21(2,3)28-19(17)18/h5-7H,4,8-16H2,1-3H3,(H2,22,23,24). The van der Waals surface area contributed by atoms with E-state index >= 15 is 0 Å². The molecule has 2 aliphatic rings. The molecule has 0 spiro atoms. The zero-order chi connectivity index (χ0) is 19.8. The lowest BCUT2D eigenvalue weighted by Crippen LogP contribution is -2.41. The summed E-state index contributed by atoms with van der Waals surface area (Å²) < 4.78 is 17.4. The summed E-state index contributed by atoms with van der Waals surface area (Å²) in [7, 11) is 0. The Morgan fingerprint density at radius 2 is 2.07 bits per heavy atom. The summed E-state index contributed by atoms with van der Waals surface area (Å²) in [5.74, 6) is 2.53. The van der Waals surface area contributed by atoms with Gasteiger partial charge < -0.3 is 24.8 Å². The lowest BCUT2D eigenvalue weighted by molar-refractivity contribution is 0.0394. The number of aliphatic imine (C=N–C) groups is 1. The van der Waals surface area contributed by atoms with Crippen LogP contribution in [0, 0.1) is 0 Å². The third-order valence-electron chi connectivity index (χ3n) is 4.84. The molecule has 0 aromatic heterocycles. The number of hydrogen-bond acceptors (Lipinski definition) is 5. The molecule has 156 valence electrons. The van der Waals surface area contributed by atoms with Crippen LogP contribution in [0.25, 0.3) is 0 Å². The molecule has 2 N–H and O–H groups in total. The number of fused-ring (bicyclic) bond motifs is 1. The van der Waals surface area contributed by atoms with Gasteiger partial charge in [-0.3, -0.25) is 9.89 Å². The zero-order valence-corrected chi connectivity index (χ0v) is 17.4. The molecule has 0 radical (unpaired) electrons. The van der Waals surface area contributed by atoms with Gasteiger partial charge in [-0.25, -0.2) is 0 Å². The van der Waals surface area contributed by atoms with Crippen molar-refractivity contribution < 1.29 is 14.2 Å². The van der Waals surface area contributed by atoms with Gasteiger partial charge in [-0.05, 0) is 26.8 Å². The quantitative estimate of drug-likeness (QED) is 0.400. The van der Waals surface area contributed by atoms with Crippen molar-refractivity contribution in [1.29, 1.82) is 0 Å². The molecule has 1 aromatic rings. The Bertz CT molecular complexity index is 657. The van der Waals surface area contributed by atoms with E-state index in [1.807, 2.05) is 12.1 Å². The maximum Gasteiger partial charge on any atom is 0.191 e. The van der Waals surface area contributed by atoms with Crippen LogP contribution in [-0.2, 0) is 11.2 Å². The third kappa shape index (κ3) is 6.01. The van der Waals surface area contributed by atoms with Crippen LogP contribution in [0.5, 0.6) is 11.5 Å². The van der Waals surface area contributed by atoms with E-state index in [0.29, 0.717) is 13.2 Å². The molecular formula is C21H34N4O3. The lowest BCUT2D eigenvalue weighted by Gasteiger charge is -2.25. The first-order valence-corrected chi connectivity index (χ1v) is 10.3. The second kappa shape index (κ2) is 9.98. The molecule has 7 nitrogen and oxygen atoms in total. The number of para-hydroxylation sites is 1. The smallest absolute Gasteiger partial charge is 0.191 e. The molecule has 0 bridgehead atoms. The first-order chi connectivity index (χ1) is 13.6. The number of morpholine rings is 1. The maximum atomic E-state index is 6.06. The summed E-state index contributed by atoms with van der Waals surface area (Å²) in [6, 6.07) is 6.12. The normalized spacial score (nSPS) is 19.0. The molecule has 3 rings (SSSR count). The Hall–Kier alpha value is -1.99. The van der Waals surface area contributed by atoms with Crippen molar-refractivity contribution in [3.8, 4) is 11.5 Å². The minimum Gasteiger partial charge on any atom is -0.488 e. The minimum absolute atomic E-state index is 0.161. The van der Waals surface area contributed by atoms with E-state index in [-0.39, 0.29) is 5.60 Å². The summed E-state index contributed by atoms with van der Waals surface area (Å²) in [6.45, 7) is 13.7. The van der Waals surface area contributed by atoms with Gasteiger partial charge in [0, 0.05) is 38.2 Å². The van der Waals surface area contributed by atoms with E-state index in [1.165, 1.54) is 5.56 Å². The van der Waals surface area contributed by atoms with Gasteiger partial charge in [-0.2, -0.15) is 0 Å². The Balaban J connectivity index is 1.42. The van der Waals surface area contributed by atoms with E-state index in [0.717, 1.165) is 69.8 Å². The number of nitrogens with one attached hydrogen (secondary N) is 2. The maximum absolute atomic E-state index is 6.06. The van der Waals surface area contributed by atoms with Crippen LogP contribution in [0.1, 0.15) is 26.3 Å². The molecule has 0 aliphatic carbocycles. The van der Waals surface area contributed by atoms with Crippen molar-refractivity contribution in [1.82, 2.24) is 15.5 Å². The molecule has 1 saturated heterocycles. The second-order valence-electron chi connectivity index (χ2n) is 7.77. The molecule has 1 fully saturated rings. The molecule has 0 amide bonds. The fourth-order valence-electron chi connectivity index (χ4n) is 3.50. The van der Waals surface area contributed by atoms with E-state index in [1.54, 1.807) is 0 Å². The monoisotopic (exact) mass is 390 g/mol. The van der Waals surface area contributed by atoms with Gasteiger partial charge in [0.2, 0.25) is 0 Å². The van der Waals surface area contributed by atoms with Crippen LogP contribution in [0.15, 0.2) is 23.2 Å². The minimum atomic E-state index is -0.161. The summed E-state index contributed by atoms with van der Waals surface area (Å²) in [6.07, 6.45) is 0.915. The summed E-state index contributed by atoms with van der Waals surface area (Å²) in [5, 5.41) is 6.63. The summed E-state index contributed by atoms with van der Waals surface area (Å²) >= 11 is 0. The lowest BCUT2D eigenvalue weighted by atomic mass is 10.0. The van der Waals surface area contributed by atoms with Crippen molar-refractivity contribution in [3.05, 3.63) is 23.8 Å². The number of benzene rings is 1. The topological polar surface area (TPSA) is 67.4 Å². The van der Waals surface area contributed by atoms with Gasteiger partial charge in [-0.15, -0.1) is 0 Å². The molecule has 1 aromatic carbocycles.